The molecule has 0 aromatic heterocycles. The zero-order valence-electron chi connectivity index (χ0n) is 19.0. The van der Waals surface area contributed by atoms with E-state index < -0.39 is 60.3 Å². The molecule has 3 heterocycles. The number of amides is 1. The Morgan fingerprint density at radius 1 is 1.19 bits per heavy atom. The van der Waals surface area contributed by atoms with E-state index in [0.717, 1.165) is 29.5 Å². The molecule has 1 saturated heterocycles. The van der Waals surface area contributed by atoms with Gasteiger partial charge in [0.25, 0.3) is 0 Å². The van der Waals surface area contributed by atoms with E-state index in [2.05, 4.69) is 4.40 Å². The third-order valence-corrected chi connectivity index (χ3v) is 9.26. The van der Waals surface area contributed by atoms with Crippen LogP contribution in [0.4, 0.5) is 17.6 Å². The van der Waals surface area contributed by atoms with Crippen molar-refractivity contribution in [1.29, 1.82) is 0 Å². The molecule has 3 aliphatic heterocycles. The lowest BCUT2D eigenvalue weighted by atomic mass is 9.83. The largest absolute Gasteiger partial charge is 0.409 e. The van der Waals surface area contributed by atoms with Crippen LogP contribution in [0.1, 0.15) is 28.7 Å². The molecule has 1 spiro atoms. The molecule has 14 heteroatoms. The van der Waals surface area contributed by atoms with Crippen LogP contribution in [0.5, 0.6) is 0 Å². The van der Waals surface area contributed by atoms with Gasteiger partial charge in [0.05, 0.1) is 35.5 Å². The van der Waals surface area contributed by atoms with Gasteiger partial charge in [-0.15, -0.1) is 0 Å². The van der Waals surface area contributed by atoms with Gasteiger partial charge < -0.3 is 9.64 Å². The highest BCUT2D eigenvalue weighted by molar-refractivity contribution is 7.99. The van der Waals surface area contributed by atoms with E-state index in [1.54, 1.807) is 18.2 Å². The Labute approximate surface area is 224 Å². The number of carbonyl (C=O) groups is 1. The smallest absolute Gasteiger partial charge is 0.362 e. The molecule has 0 saturated carbocycles. The maximum absolute atomic E-state index is 14.4. The topological polar surface area (TPSA) is 76.0 Å². The van der Waals surface area contributed by atoms with Crippen LogP contribution in [0.3, 0.4) is 0 Å². The summed E-state index contributed by atoms with van der Waals surface area (Å²) in [5.41, 5.74) is 1.15. The molecule has 2 aromatic carbocycles. The van der Waals surface area contributed by atoms with Crippen molar-refractivity contribution in [3.05, 3.63) is 68.4 Å². The molecule has 0 N–H and O–H groups in total. The number of carbonyl (C=O) groups excluding carboxylic acids is 1. The van der Waals surface area contributed by atoms with Gasteiger partial charge in [0.1, 0.15) is 11.4 Å². The van der Waals surface area contributed by atoms with Crippen molar-refractivity contribution < 1.29 is 35.5 Å². The molecule has 198 valence electrons. The summed E-state index contributed by atoms with van der Waals surface area (Å²) >= 11 is 11.9. The summed E-state index contributed by atoms with van der Waals surface area (Å²) in [6, 6.07) is 6.95. The van der Waals surface area contributed by atoms with Crippen molar-refractivity contribution in [1.82, 2.24) is 4.90 Å². The van der Waals surface area contributed by atoms with Crippen LogP contribution in [0.15, 0.2) is 34.7 Å². The fourth-order valence-corrected chi connectivity index (χ4v) is 6.88. The average Bonchev–Trinajstić information content (AvgIpc) is 3.37. The number of rotatable bonds is 4. The zero-order chi connectivity index (χ0) is 27.0. The maximum atomic E-state index is 14.4. The normalized spacial score (nSPS) is 22.7. The van der Waals surface area contributed by atoms with Crippen molar-refractivity contribution in [3.63, 3.8) is 0 Å². The summed E-state index contributed by atoms with van der Waals surface area (Å²) in [6.07, 6.45) is -4.27. The molecular formula is C23H18Cl2F4N2O4S2. The quantitative estimate of drug-likeness (QED) is 0.281. The first kappa shape index (κ1) is 26.7. The van der Waals surface area contributed by atoms with Gasteiger partial charge >= 0.3 is 6.18 Å². The molecule has 0 bridgehead atoms. The van der Waals surface area contributed by atoms with Gasteiger partial charge in [0, 0.05) is 12.7 Å². The third-order valence-electron chi connectivity index (χ3n) is 6.70. The number of ether oxygens (including phenoxy) is 1. The molecule has 1 fully saturated rings. The highest BCUT2D eigenvalue weighted by Gasteiger charge is 2.60. The standard InChI is InChI=1S/C23H18Cl2F4N2O4S2/c1-37(33,34)9-19(32)31-10-21(11-31)15-3-2-12(4-13(15)8-35-21)18-7-22(36-30-18,23(27,28)29)14-5-16(24)20(26)17(25)6-14/h2-6H,7-11H2,1H3/t22-/m0/s1. The number of nitrogens with zero attached hydrogens (tertiary/aromatic N) is 2. The third kappa shape index (κ3) is 4.54. The van der Waals surface area contributed by atoms with Crippen LogP contribution in [0, 0.1) is 5.82 Å². The first-order chi connectivity index (χ1) is 17.1. The zero-order valence-corrected chi connectivity index (χ0v) is 22.2. The van der Waals surface area contributed by atoms with Gasteiger partial charge in [0.2, 0.25) is 5.91 Å². The number of fused-ring (bicyclic) bond motifs is 2. The molecule has 37 heavy (non-hydrogen) atoms. The van der Waals surface area contributed by atoms with Crippen molar-refractivity contribution in [2.45, 2.75) is 29.6 Å². The van der Waals surface area contributed by atoms with E-state index >= 15 is 0 Å². The second kappa shape index (κ2) is 8.84. The number of hydrogen-bond donors (Lipinski definition) is 0. The number of halogens is 6. The molecule has 0 radical (unpaired) electrons. The minimum Gasteiger partial charge on any atom is -0.362 e. The van der Waals surface area contributed by atoms with Crippen LogP contribution in [0.2, 0.25) is 10.0 Å². The van der Waals surface area contributed by atoms with E-state index in [-0.39, 0.29) is 31.0 Å². The van der Waals surface area contributed by atoms with E-state index in [0.29, 0.717) is 17.5 Å². The lowest BCUT2D eigenvalue weighted by molar-refractivity contribution is -0.166. The molecule has 1 atom stereocenters. The molecule has 3 aliphatic rings. The number of likely N-dealkylation sites (tertiary alicyclic amines) is 1. The van der Waals surface area contributed by atoms with Gasteiger partial charge in [-0.2, -0.15) is 13.2 Å². The summed E-state index contributed by atoms with van der Waals surface area (Å²) in [5.74, 6) is -2.09. The van der Waals surface area contributed by atoms with E-state index in [1.165, 1.54) is 4.90 Å². The maximum Gasteiger partial charge on any atom is 0.409 e. The van der Waals surface area contributed by atoms with Crippen LogP contribution >= 0.6 is 35.1 Å². The summed E-state index contributed by atoms with van der Waals surface area (Å²) in [4.78, 5) is 13.6. The minimum absolute atomic E-state index is 0.186. The Morgan fingerprint density at radius 3 is 2.43 bits per heavy atom. The fourth-order valence-electron chi connectivity index (χ4n) is 4.80. The highest BCUT2D eigenvalue weighted by atomic mass is 35.5. The fraction of sp³-hybridized carbons (Fsp3) is 0.391. The minimum atomic E-state index is -4.74. The number of alkyl halides is 3. The first-order valence-corrected chi connectivity index (χ1v) is 14.4. The van der Waals surface area contributed by atoms with Gasteiger partial charge in [0.15, 0.2) is 20.4 Å². The van der Waals surface area contributed by atoms with Crippen LogP contribution < -0.4 is 0 Å². The van der Waals surface area contributed by atoms with Gasteiger partial charge in [-0.25, -0.2) is 17.2 Å². The number of sulfone groups is 1. The van der Waals surface area contributed by atoms with E-state index in [4.69, 9.17) is 27.9 Å². The van der Waals surface area contributed by atoms with Gasteiger partial charge in [-0.3, -0.25) is 4.79 Å². The van der Waals surface area contributed by atoms with Crippen molar-refractivity contribution in [3.8, 4) is 0 Å². The molecule has 0 aliphatic carbocycles. The second-order valence-electron chi connectivity index (χ2n) is 9.36. The van der Waals surface area contributed by atoms with Crippen LogP contribution in [-0.2, 0) is 36.3 Å². The average molecular weight is 597 g/mol. The van der Waals surface area contributed by atoms with Crippen molar-refractivity contribution >= 4 is 56.6 Å². The lowest BCUT2D eigenvalue weighted by Gasteiger charge is -2.47. The SMILES string of the molecule is CS(=O)(=O)CC(=O)N1CC2(C1)OCc1cc(C3=NS[C@@](c4cc(Cl)c(F)c(Cl)c4)(C(F)(F)F)C3)ccc12. The summed E-state index contributed by atoms with van der Waals surface area (Å²) in [7, 11) is -3.46. The van der Waals surface area contributed by atoms with Crippen molar-refractivity contribution in [2.75, 3.05) is 25.1 Å². The Hall–Kier alpha value is -1.86. The molecule has 6 nitrogen and oxygen atoms in total. The number of benzene rings is 2. The Bertz CT molecular complexity index is 1440. The van der Waals surface area contributed by atoms with Gasteiger partial charge in [-0.05, 0) is 52.4 Å². The molecule has 2 aromatic rings. The summed E-state index contributed by atoms with van der Waals surface area (Å²) in [6.45, 7) is 0.562. The van der Waals surface area contributed by atoms with Crippen molar-refractivity contribution in [2.24, 2.45) is 4.40 Å². The number of hydrogen-bond acceptors (Lipinski definition) is 6. The van der Waals surface area contributed by atoms with Crippen LogP contribution in [0.25, 0.3) is 0 Å². The Balaban J connectivity index is 1.38. The first-order valence-electron chi connectivity index (χ1n) is 10.8. The summed E-state index contributed by atoms with van der Waals surface area (Å²) in [5, 5.41) is -1.02. The monoisotopic (exact) mass is 596 g/mol. The highest BCUT2D eigenvalue weighted by Crippen LogP contribution is 2.57. The molecular weight excluding hydrogens is 579 g/mol. The second-order valence-corrected chi connectivity index (χ2v) is 13.4. The molecule has 0 unspecified atom stereocenters. The Morgan fingerprint density at radius 2 is 1.84 bits per heavy atom. The summed E-state index contributed by atoms with van der Waals surface area (Å²) < 4.78 is 87.4. The molecule has 5 rings (SSSR count). The predicted octanol–water partition coefficient (Wildman–Crippen LogP) is 5.04. The van der Waals surface area contributed by atoms with E-state index in [1.807, 2.05) is 0 Å². The van der Waals surface area contributed by atoms with E-state index in [9.17, 15) is 30.8 Å². The van der Waals surface area contributed by atoms with Crippen LogP contribution in [-0.4, -0.2) is 56.2 Å². The predicted molar refractivity (Wildman–Crippen MR) is 132 cm³/mol. The molecule has 1 amide bonds. The Kier molecular flexibility index (Phi) is 6.38. The van der Waals surface area contributed by atoms with Gasteiger partial charge in [-0.1, -0.05) is 35.3 Å². The lowest BCUT2D eigenvalue weighted by Crippen LogP contribution is -2.62.